The second-order valence-electron chi connectivity index (χ2n) is 10.5. The van der Waals surface area contributed by atoms with Gasteiger partial charge in [-0.1, -0.05) is 102 Å². The predicted octanol–water partition coefficient (Wildman–Crippen LogP) is 8.19. The Balaban J connectivity index is 0.000000282. The number of nitrogens with one attached hydrogen (secondary N) is 2. The fourth-order valence-electron chi connectivity index (χ4n) is 4.53. The summed E-state index contributed by atoms with van der Waals surface area (Å²) in [5.41, 5.74) is 3.65. The van der Waals surface area contributed by atoms with Crippen LogP contribution in [0.2, 0.25) is 0 Å². The van der Waals surface area contributed by atoms with Crippen molar-refractivity contribution in [2.75, 3.05) is 18.4 Å². The van der Waals surface area contributed by atoms with Crippen molar-refractivity contribution in [3.63, 3.8) is 0 Å². The molecule has 0 aromatic heterocycles. The lowest BCUT2D eigenvalue weighted by Gasteiger charge is -2.16. The summed E-state index contributed by atoms with van der Waals surface area (Å²) in [6, 6.07) is 15.2. The number of rotatable bonds is 16. The van der Waals surface area contributed by atoms with Crippen molar-refractivity contribution in [3.05, 3.63) is 59.7 Å². The van der Waals surface area contributed by atoms with Gasteiger partial charge in [0.05, 0.1) is 4.90 Å². The van der Waals surface area contributed by atoms with Crippen LogP contribution in [0.25, 0.3) is 0 Å². The molecule has 3 N–H and O–H groups in total. The van der Waals surface area contributed by atoms with Gasteiger partial charge in [-0.25, -0.2) is 0 Å². The van der Waals surface area contributed by atoms with E-state index in [1.54, 1.807) is 12.1 Å². The van der Waals surface area contributed by atoms with Gasteiger partial charge in [-0.05, 0) is 67.5 Å². The van der Waals surface area contributed by atoms with Crippen molar-refractivity contribution in [2.24, 2.45) is 4.99 Å². The van der Waals surface area contributed by atoms with Crippen molar-refractivity contribution in [3.8, 4) is 0 Å². The van der Waals surface area contributed by atoms with Crippen molar-refractivity contribution < 1.29 is 13.0 Å². The first-order chi connectivity index (χ1) is 18.9. The summed E-state index contributed by atoms with van der Waals surface area (Å²) in [6.45, 7) is 6.41. The van der Waals surface area contributed by atoms with Gasteiger partial charge in [0.15, 0.2) is 5.96 Å². The molecule has 0 radical (unpaired) electrons. The van der Waals surface area contributed by atoms with Crippen molar-refractivity contribution in [2.45, 2.75) is 115 Å². The molecule has 0 bridgehead atoms. The third-order valence-corrected chi connectivity index (χ3v) is 7.84. The maximum absolute atomic E-state index is 10.9. The van der Waals surface area contributed by atoms with Crippen LogP contribution in [-0.2, 0) is 23.0 Å². The van der Waals surface area contributed by atoms with Gasteiger partial charge < -0.3 is 10.6 Å². The molecular weight excluding hydrogens is 506 g/mol. The van der Waals surface area contributed by atoms with Crippen LogP contribution in [0.1, 0.15) is 108 Å². The Morgan fingerprint density at radius 1 is 0.744 bits per heavy atom. The fraction of sp³-hybridized carbons (Fsp3) is 0.594. The van der Waals surface area contributed by atoms with E-state index in [1.807, 2.05) is 0 Å². The van der Waals surface area contributed by atoms with Crippen LogP contribution >= 0.6 is 0 Å². The Kier molecular flexibility index (Phi) is 16.5. The van der Waals surface area contributed by atoms with Gasteiger partial charge in [0, 0.05) is 18.8 Å². The summed E-state index contributed by atoms with van der Waals surface area (Å²) < 4.78 is 30.8. The SMILES string of the molecule is CCCCCCCCCCCCc1ccc(S(=O)(=O)O)cc1.CCCCc1ccc(NC2=NCCCN2)cc1. The Morgan fingerprint density at radius 3 is 1.77 bits per heavy atom. The zero-order valence-electron chi connectivity index (χ0n) is 24.3. The second-order valence-corrected chi connectivity index (χ2v) is 11.9. The smallest absolute Gasteiger partial charge is 0.294 e. The molecule has 1 aliphatic heterocycles. The first kappa shape index (κ1) is 32.8. The number of benzene rings is 2. The van der Waals surface area contributed by atoms with E-state index in [0.717, 1.165) is 49.6 Å². The number of nitrogens with zero attached hydrogens (tertiary/aromatic N) is 1. The van der Waals surface area contributed by atoms with Crippen LogP contribution < -0.4 is 10.6 Å². The van der Waals surface area contributed by atoms with Crippen molar-refractivity contribution in [1.82, 2.24) is 5.32 Å². The molecule has 0 saturated heterocycles. The molecule has 3 rings (SSSR count). The number of unbranched alkanes of at least 4 members (excludes halogenated alkanes) is 10. The van der Waals surface area contributed by atoms with Gasteiger partial charge in [0.2, 0.25) is 0 Å². The Morgan fingerprint density at radius 2 is 1.26 bits per heavy atom. The maximum Gasteiger partial charge on any atom is 0.294 e. The fourth-order valence-corrected chi connectivity index (χ4v) is 5.01. The van der Waals surface area contributed by atoms with Crippen LogP contribution in [0, 0.1) is 0 Å². The van der Waals surface area contributed by atoms with Crippen LogP contribution in [0.3, 0.4) is 0 Å². The van der Waals surface area contributed by atoms with Gasteiger partial charge in [-0.2, -0.15) is 8.42 Å². The van der Waals surface area contributed by atoms with E-state index in [-0.39, 0.29) is 4.90 Å². The summed E-state index contributed by atoms with van der Waals surface area (Å²) in [5.74, 6) is 0.901. The van der Waals surface area contributed by atoms with Crippen molar-refractivity contribution in [1.29, 1.82) is 0 Å². The normalized spacial score (nSPS) is 13.2. The first-order valence-electron chi connectivity index (χ1n) is 15.1. The Labute approximate surface area is 237 Å². The zero-order valence-corrected chi connectivity index (χ0v) is 25.1. The summed E-state index contributed by atoms with van der Waals surface area (Å²) in [6.07, 6.45) is 19.0. The van der Waals surface area contributed by atoms with Crippen LogP contribution in [0.15, 0.2) is 58.4 Å². The van der Waals surface area contributed by atoms with E-state index in [2.05, 4.69) is 53.7 Å². The average Bonchev–Trinajstić information content (AvgIpc) is 2.94. The highest BCUT2D eigenvalue weighted by molar-refractivity contribution is 7.85. The number of hydrogen-bond donors (Lipinski definition) is 3. The highest BCUT2D eigenvalue weighted by Crippen LogP contribution is 2.15. The topological polar surface area (TPSA) is 90.8 Å². The highest BCUT2D eigenvalue weighted by atomic mass is 32.2. The molecule has 0 fully saturated rings. The molecular formula is C32H51N3O3S. The molecule has 2 aromatic carbocycles. The molecule has 2 aromatic rings. The van der Waals surface area contributed by atoms with Gasteiger partial charge >= 0.3 is 0 Å². The van der Waals surface area contributed by atoms with Crippen LogP contribution in [0.4, 0.5) is 5.69 Å². The predicted molar refractivity (Wildman–Crippen MR) is 165 cm³/mol. The lowest BCUT2D eigenvalue weighted by molar-refractivity contribution is 0.483. The lowest BCUT2D eigenvalue weighted by Crippen LogP contribution is -2.35. The second kappa shape index (κ2) is 19.6. The molecule has 218 valence electrons. The third kappa shape index (κ3) is 15.1. The highest BCUT2D eigenvalue weighted by Gasteiger charge is 2.08. The molecule has 39 heavy (non-hydrogen) atoms. The minimum absolute atomic E-state index is 0.0284. The largest absolute Gasteiger partial charge is 0.356 e. The third-order valence-electron chi connectivity index (χ3n) is 6.97. The summed E-state index contributed by atoms with van der Waals surface area (Å²) >= 11 is 0. The van der Waals surface area contributed by atoms with E-state index in [9.17, 15) is 8.42 Å². The summed E-state index contributed by atoms with van der Waals surface area (Å²) in [7, 11) is -4.06. The monoisotopic (exact) mass is 557 g/mol. The number of guanidine groups is 1. The van der Waals surface area contributed by atoms with E-state index in [1.165, 1.54) is 94.7 Å². The van der Waals surface area contributed by atoms with E-state index in [4.69, 9.17) is 4.55 Å². The number of aliphatic imine (C=N–C) groups is 1. The van der Waals surface area contributed by atoms with Gasteiger partial charge in [-0.15, -0.1) is 0 Å². The Bertz CT molecular complexity index is 1040. The molecule has 1 heterocycles. The van der Waals surface area contributed by atoms with Crippen LogP contribution in [0.5, 0.6) is 0 Å². The lowest BCUT2D eigenvalue weighted by atomic mass is 10.0. The minimum Gasteiger partial charge on any atom is -0.356 e. The molecule has 0 saturated carbocycles. The van der Waals surface area contributed by atoms with Gasteiger partial charge in [0.1, 0.15) is 0 Å². The number of aryl methyl sites for hydroxylation is 2. The summed E-state index contributed by atoms with van der Waals surface area (Å²) in [4.78, 5) is 4.36. The quantitative estimate of drug-likeness (QED) is 0.143. The molecule has 6 nitrogen and oxygen atoms in total. The standard InChI is InChI=1S/C18H30O3S.C14H21N3/c1-2-3-4-5-6-7-8-9-10-11-12-17-13-15-18(16-14-17)22(19,20)21;1-2-3-5-12-6-8-13(9-7-12)17-14-15-10-4-11-16-14/h13-16H,2-12H2,1H3,(H,19,20,21);6-9H,2-5,10-11H2,1H3,(H2,15,16,17). The molecule has 0 amide bonds. The van der Waals surface area contributed by atoms with E-state index in [0.29, 0.717) is 0 Å². The minimum atomic E-state index is -4.06. The molecule has 7 heteroatoms. The van der Waals surface area contributed by atoms with Gasteiger partial charge in [-0.3, -0.25) is 9.55 Å². The maximum atomic E-state index is 10.9. The number of anilines is 1. The first-order valence-corrected chi connectivity index (χ1v) is 16.6. The average molecular weight is 558 g/mol. The molecule has 0 atom stereocenters. The number of hydrogen-bond acceptors (Lipinski definition) is 5. The van der Waals surface area contributed by atoms with Crippen LogP contribution in [-0.4, -0.2) is 32.0 Å². The van der Waals surface area contributed by atoms with E-state index < -0.39 is 10.1 Å². The molecule has 0 unspecified atom stereocenters. The molecule has 0 aliphatic carbocycles. The van der Waals surface area contributed by atoms with Gasteiger partial charge in [0.25, 0.3) is 10.1 Å². The Hall–Kier alpha value is -2.38. The summed E-state index contributed by atoms with van der Waals surface area (Å²) in [5, 5.41) is 6.56. The van der Waals surface area contributed by atoms with E-state index >= 15 is 0 Å². The zero-order chi connectivity index (χ0) is 28.2. The molecule has 1 aliphatic rings. The van der Waals surface area contributed by atoms with Crippen molar-refractivity contribution >= 4 is 21.8 Å². The molecule has 0 spiro atoms.